The van der Waals surface area contributed by atoms with E-state index in [0.717, 1.165) is 27.8 Å². The van der Waals surface area contributed by atoms with Crippen LogP contribution in [0.1, 0.15) is 29.7 Å². The number of ether oxygens (including phenoxy) is 1. The number of carboxylic acids is 1. The number of methoxy groups -OCH3 is 1. The zero-order chi connectivity index (χ0) is 21.3. The molecule has 5 nitrogen and oxygen atoms in total. The van der Waals surface area contributed by atoms with Crippen LogP contribution in [0.2, 0.25) is 0 Å². The summed E-state index contributed by atoms with van der Waals surface area (Å²) in [5.41, 5.74) is 3.09. The maximum absolute atomic E-state index is 13.1. The number of amides is 1. The van der Waals surface area contributed by atoms with Crippen LogP contribution in [0.15, 0.2) is 78.9 Å². The van der Waals surface area contributed by atoms with Gasteiger partial charge < -0.3 is 9.84 Å². The van der Waals surface area contributed by atoms with Crippen molar-refractivity contribution in [2.24, 2.45) is 0 Å². The van der Waals surface area contributed by atoms with Crippen LogP contribution in [0.25, 0.3) is 11.1 Å². The van der Waals surface area contributed by atoms with Crippen molar-refractivity contribution < 1.29 is 19.4 Å². The first-order valence-electron chi connectivity index (χ1n) is 9.80. The number of hydrogen-bond donors (Lipinski definition) is 1. The lowest BCUT2D eigenvalue weighted by molar-refractivity contribution is -0.150. The predicted octanol–water partition coefficient (Wildman–Crippen LogP) is 4.91. The van der Waals surface area contributed by atoms with E-state index in [1.54, 1.807) is 6.92 Å². The molecule has 0 aliphatic heterocycles. The summed E-state index contributed by atoms with van der Waals surface area (Å²) >= 11 is 0. The summed E-state index contributed by atoms with van der Waals surface area (Å²) in [5.74, 6) is -1.08. The number of carbonyl (C=O) groups is 2. The molecule has 1 unspecified atom stereocenters. The molecule has 3 aromatic carbocycles. The number of carboxylic acid groups (broad SMARTS) is 1. The van der Waals surface area contributed by atoms with Gasteiger partial charge in [0, 0.05) is 6.42 Å². The molecule has 0 saturated carbocycles. The lowest BCUT2D eigenvalue weighted by Gasteiger charge is -2.41. The van der Waals surface area contributed by atoms with Gasteiger partial charge in [-0.05, 0) is 34.7 Å². The van der Waals surface area contributed by atoms with Crippen molar-refractivity contribution in [2.45, 2.75) is 24.9 Å². The number of rotatable bonds is 5. The quantitative estimate of drug-likeness (QED) is 0.660. The monoisotopic (exact) mass is 401 g/mol. The summed E-state index contributed by atoms with van der Waals surface area (Å²) in [5, 5.41) is 10.3. The fraction of sp³-hybridized carbons (Fsp3) is 0.200. The normalized spacial score (nSPS) is 14.3. The Morgan fingerprint density at radius 1 is 0.900 bits per heavy atom. The van der Waals surface area contributed by atoms with E-state index in [9.17, 15) is 14.7 Å². The molecule has 0 radical (unpaired) electrons. The molecule has 3 aromatic rings. The molecule has 5 heteroatoms. The molecule has 30 heavy (non-hydrogen) atoms. The highest BCUT2D eigenvalue weighted by atomic mass is 16.5. The standard InChI is InChI=1S/C25H23NO4/c1-25(23(27)28,16-17-10-4-3-5-11-17)26(24(29)30-2)22-20-14-8-6-12-18(20)19-13-7-9-15-21(19)22/h3-15,22H,16H2,1-2H3,(H,27,28). The van der Waals surface area contributed by atoms with Crippen molar-refractivity contribution in [3.63, 3.8) is 0 Å². The first-order valence-corrected chi connectivity index (χ1v) is 9.80. The minimum absolute atomic E-state index is 0.152. The minimum Gasteiger partial charge on any atom is -0.479 e. The zero-order valence-corrected chi connectivity index (χ0v) is 16.9. The Kier molecular flexibility index (Phi) is 5.04. The first-order chi connectivity index (χ1) is 14.5. The maximum atomic E-state index is 13.1. The van der Waals surface area contributed by atoms with Crippen molar-refractivity contribution in [2.75, 3.05) is 7.11 Å². The van der Waals surface area contributed by atoms with Gasteiger partial charge in [-0.25, -0.2) is 9.59 Å². The highest BCUT2D eigenvalue weighted by Crippen LogP contribution is 2.48. The van der Waals surface area contributed by atoms with E-state index in [1.165, 1.54) is 12.0 Å². The van der Waals surface area contributed by atoms with Gasteiger partial charge in [-0.15, -0.1) is 0 Å². The lowest BCUT2D eigenvalue weighted by atomic mass is 9.88. The average molecular weight is 401 g/mol. The van der Waals surface area contributed by atoms with Crippen molar-refractivity contribution in [1.82, 2.24) is 4.90 Å². The van der Waals surface area contributed by atoms with Crippen LogP contribution in [0.3, 0.4) is 0 Å². The van der Waals surface area contributed by atoms with Gasteiger partial charge in [-0.3, -0.25) is 4.90 Å². The van der Waals surface area contributed by atoms with Crippen LogP contribution >= 0.6 is 0 Å². The predicted molar refractivity (Wildman–Crippen MR) is 114 cm³/mol. The molecule has 1 atom stereocenters. The third-order valence-corrected chi connectivity index (χ3v) is 5.81. The number of benzene rings is 3. The molecule has 1 amide bonds. The van der Waals surface area contributed by atoms with Crippen molar-refractivity contribution in [3.05, 3.63) is 95.6 Å². The summed E-state index contributed by atoms with van der Waals surface area (Å²) in [6.45, 7) is 1.59. The zero-order valence-electron chi connectivity index (χ0n) is 16.9. The molecule has 152 valence electrons. The maximum Gasteiger partial charge on any atom is 0.411 e. The summed E-state index contributed by atoms with van der Waals surface area (Å²) in [7, 11) is 1.28. The third kappa shape index (κ3) is 3.12. The Morgan fingerprint density at radius 2 is 1.40 bits per heavy atom. The second-order valence-electron chi connectivity index (χ2n) is 7.66. The van der Waals surface area contributed by atoms with Crippen LogP contribution < -0.4 is 0 Å². The summed E-state index contributed by atoms with van der Waals surface area (Å²) in [6.07, 6.45) is -0.522. The van der Waals surface area contributed by atoms with E-state index in [0.29, 0.717) is 0 Å². The van der Waals surface area contributed by atoms with Gasteiger partial charge in [0.05, 0.1) is 13.2 Å². The molecule has 1 aliphatic carbocycles. The Balaban J connectivity index is 1.91. The number of aliphatic carboxylic acids is 1. The highest BCUT2D eigenvalue weighted by molar-refractivity contribution is 5.87. The fourth-order valence-corrected chi connectivity index (χ4v) is 4.35. The van der Waals surface area contributed by atoms with Gasteiger partial charge in [0.2, 0.25) is 0 Å². The Morgan fingerprint density at radius 3 is 1.90 bits per heavy atom. The summed E-state index contributed by atoms with van der Waals surface area (Å²) in [6, 6.07) is 24.4. The van der Waals surface area contributed by atoms with E-state index in [-0.39, 0.29) is 6.42 Å². The molecule has 0 spiro atoms. The molecule has 0 fully saturated rings. The molecule has 1 aliphatic rings. The van der Waals surface area contributed by atoms with Crippen molar-refractivity contribution >= 4 is 12.1 Å². The smallest absolute Gasteiger partial charge is 0.411 e. The minimum atomic E-state index is -1.52. The van der Waals surface area contributed by atoms with Gasteiger partial charge >= 0.3 is 12.1 Å². The van der Waals surface area contributed by atoms with E-state index >= 15 is 0 Å². The summed E-state index contributed by atoms with van der Waals surface area (Å²) < 4.78 is 5.11. The molecule has 0 heterocycles. The largest absolute Gasteiger partial charge is 0.479 e. The van der Waals surface area contributed by atoms with Crippen LogP contribution in [-0.4, -0.2) is 34.7 Å². The van der Waals surface area contributed by atoms with Crippen LogP contribution in [0.5, 0.6) is 0 Å². The van der Waals surface area contributed by atoms with Gasteiger partial charge in [-0.2, -0.15) is 0 Å². The fourth-order valence-electron chi connectivity index (χ4n) is 4.35. The van der Waals surface area contributed by atoms with E-state index in [1.807, 2.05) is 78.9 Å². The Bertz CT molecular complexity index is 1050. The third-order valence-electron chi connectivity index (χ3n) is 5.81. The summed E-state index contributed by atoms with van der Waals surface area (Å²) in [4.78, 5) is 27.1. The van der Waals surface area contributed by atoms with Gasteiger partial charge in [-0.1, -0.05) is 78.9 Å². The van der Waals surface area contributed by atoms with Crippen LogP contribution in [-0.2, 0) is 16.0 Å². The van der Waals surface area contributed by atoms with E-state index in [4.69, 9.17) is 4.74 Å². The molecular formula is C25H23NO4. The highest BCUT2D eigenvalue weighted by Gasteiger charge is 2.49. The van der Waals surface area contributed by atoms with E-state index in [2.05, 4.69) is 0 Å². The second-order valence-corrected chi connectivity index (χ2v) is 7.66. The topological polar surface area (TPSA) is 66.8 Å². The Hall–Kier alpha value is -3.60. The Labute approximate surface area is 175 Å². The molecule has 4 rings (SSSR count). The molecule has 0 bridgehead atoms. The number of hydrogen-bond acceptors (Lipinski definition) is 3. The van der Waals surface area contributed by atoms with E-state index < -0.39 is 23.6 Å². The molecule has 0 aromatic heterocycles. The first kappa shape index (κ1) is 19.7. The molecule has 0 saturated heterocycles. The van der Waals surface area contributed by atoms with Crippen LogP contribution in [0.4, 0.5) is 4.79 Å². The van der Waals surface area contributed by atoms with Gasteiger partial charge in [0.1, 0.15) is 5.54 Å². The van der Waals surface area contributed by atoms with Gasteiger partial charge in [0.25, 0.3) is 0 Å². The van der Waals surface area contributed by atoms with Gasteiger partial charge in [0.15, 0.2) is 0 Å². The molecular weight excluding hydrogens is 378 g/mol. The number of nitrogens with zero attached hydrogens (tertiary/aromatic N) is 1. The SMILES string of the molecule is COC(=O)N(C1c2ccccc2-c2ccccc21)C(C)(Cc1ccccc1)C(=O)O. The number of carbonyl (C=O) groups excluding carboxylic acids is 1. The number of fused-ring (bicyclic) bond motifs is 3. The average Bonchev–Trinajstić information content (AvgIpc) is 3.09. The molecule has 1 N–H and O–H groups in total. The lowest BCUT2D eigenvalue weighted by Crippen LogP contribution is -2.57. The van der Waals surface area contributed by atoms with Crippen molar-refractivity contribution in [3.8, 4) is 11.1 Å². The second kappa shape index (κ2) is 7.67. The van der Waals surface area contributed by atoms with Crippen LogP contribution in [0, 0.1) is 0 Å². The van der Waals surface area contributed by atoms with Crippen molar-refractivity contribution in [1.29, 1.82) is 0 Å².